The Labute approximate surface area is 243 Å². The third kappa shape index (κ3) is 14.9. The van der Waals surface area contributed by atoms with E-state index in [1.807, 2.05) is 0 Å². The maximum atomic E-state index is 13.2. The van der Waals surface area contributed by atoms with Crippen LogP contribution in [0, 0.1) is 17.8 Å². The maximum Gasteiger partial charge on any atom is 0.407 e. The summed E-state index contributed by atoms with van der Waals surface area (Å²) < 4.78 is 5.24. The van der Waals surface area contributed by atoms with Gasteiger partial charge in [0.25, 0.3) is 0 Å². The zero-order chi connectivity index (χ0) is 30.9. The molecular weight excluding hydrogens is 528 g/mol. The number of benzene rings is 1. The van der Waals surface area contributed by atoms with Crippen molar-refractivity contribution >= 4 is 35.5 Å². The standard InChI is InChI=1S/C29H48N6O6/c1-18(2)9-7-16-32-29(40)41-17-21-11-13-22(14-12-21)33-26(37)23(10-8-15-31-28(30)39)34-27(38)24(19(3)4)35-25(36)20(5)6/h11-14,18-20,23-24H,7-10,15-17H2,1-6H3,(H,32,40)(H,33,37)(H,34,38)(H,35,36)(H3,30,31,39). The number of hydrogen-bond donors (Lipinski definition) is 6. The Balaban J connectivity index is 2.79. The summed E-state index contributed by atoms with van der Waals surface area (Å²) in [4.78, 5) is 61.4. The summed E-state index contributed by atoms with van der Waals surface area (Å²) in [6, 6.07) is 4.35. The quantitative estimate of drug-likeness (QED) is 0.155. The van der Waals surface area contributed by atoms with E-state index in [4.69, 9.17) is 10.5 Å². The van der Waals surface area contributed by atoms with Gasteiger partial charge in [-0.25, -0.2) is 9.59 Å². The van der Waals surface area contributed by atoms with E-state index in [-0.39, 0.29) is 37.3 Å². The third-order valence-corrected chi connectivity index (χ3v) is 6.19. The molecule has 1 aromatic carbocycles. The molecule has 41 heavy (non-hydrogen) atoms. The molecule has 1 rings (SSSR count). The predicted octanol–water partition coefficient (Wildman–Crippen LogP) is 3.02. The van der Waals surface area contributed by atoms with Gasteiger partial charge in [0.05, 0.1) is 0 Å². The Morgan fingerprint density at radius 2 is 1.39 bits per heavy atom. The zero-order valence-electron chi connectivity index (χ0n) is 25.2. The van der Waals surface area contributed by atoms with Crippen molar-refractivity contribution in [3.8, 4) is 0 Å². The number of ether oxygens (including phenoxy) is 1. The van der Waals surface area contributed by atoms with E-state index >= 15 is 0 Å². The summed E-state index contributed by atoms with van der Waals surface area (Å²) in [6.45, 7) is 12.2. The van der Waals surface area contributed by atoms with Crippen molar-refractivity contribution in [2.24, 2.45) is 23.5 Å². The van der Waals surface area contributed by atoms with E-state index < -0.39 is 36.0 Å². The molecule has 2 unspecified atom stereocenters. The molecular formula is C29H48N6O6. The Bertz CT molecular complexity index is 996. The molecule has 2 atom stereocenters. The van der Waals surface area contributed by atoms with Gasteiger partial charge in [0.2, 0.25) is 17.7 Å². The summed E-state index contributed by atoms with van der Waals surface area (Å²) in [5.74, 6) is -1.15. The fraction of sp³-hybridized carbons (Fsp3) is 0.621. The number of nitrogens with one attached hydrogen (secondary N) is 5. The molecule has 6 amide bonds. The van der Waals surface area contributed by atoms with Gasteiger partial charge in [-0.1, -0.05) is 53.7 Å². The maximum absolute atomic E-state index is 13.2. The van der Waals surface area contributed by atoms with Gasteiger partial charge in [-0.3, -0.25) is 14.4 Å². The van der Waals surface area contributed by atoms with Gasteiger partial charge >= 0.3 is 12.1 Å². The summed E-state index contributed by atoms with van der Waals surface area (Å²) in [5, 5.41) is 13.5. The predicted molar refractivity (Wildman–Crippen MR) is 158 cm³/mol. The first-order valence-electron chi connectivity index (χ1n) is 14.2. The van der Waals surface area contributed by atoms with Gasteiger partial charge < -0.3 is 37.1 Å². The van der Waals surface area contributed by atoms with Crippen molar-refractivity contribution in [3.63, 3.8) is 0 Å². The SMILES string of the molecule is CC(C)CCCNC(=O)OCc1ccc(NC(=O)C(CCCNC(N)=O)NC(=O)C(NC(=O)C(C)C)C(C)C)cc1. The van der Waals surface area contributed by atoms with Crippen molar-refractivity contribution < 1.29 is 28.7 Å². The van der Waals surface area contributed by atoms with Crippen molar-refractivity contribution in [2.45, 2.75) is 85.9 Å². The van der Waals surface area contributed by atoms with E-state index in [2.05, 4.69) is 40.4 Å². The second-order valence-electron chi connectivity index (χ2n) is 11.1. The number of carbonyl (C=O) groups excluding carboxylic acids is 5. The highest BCUT2D eigenvalue weighted by molar-refractivity contribution is 5.98. The number of anilines is 1. The van der Waals surface area contributed by atoms with Crippen LogP contribution < -0.4 is 32.3 Å². The van der Waals surface area contributed by atoms with Crippen LogP contribution >= 0.6 is 0 Å². The van der Waals surface area contributed by atoms with Gasteiger partial charge in [-0.05, 0) is 55.2 Å². The average molecular weight is 577 g/mol. The molecule has 0 aliphatic carbocycles. The van der Waals surface area contributed by atoms with Crippen LogP contribution in [0.4, 0.5) is 15.3 Å². The Hall–Kier alpha value is -3.83. The fourth-order valence-electron chi connectivity index (χ4n) is 3.72. The molecule has 1 aromatic rings. The lowest BCUT2D eigenvalue weighted by molar-refractivity contribution is -0.133. The van der Waals surface area contributed by atoms with Crippen molar-refractivity contribution in [1.29, 1.82) is 0 Å². The molecule has 7 N–H and O–H groups in total. The summed E-state index contributed by atoms with van der Waals surface area (Å²) in [7, 11) is 0. The highest BCUT2D eigenvalue weighted by atomic mass is 16.5. The molecule has 0 spiro atoms. The Morgan fingerprint density at radius 3 is 1.95 bits per heavy atom. The van der Waals surface area contributed by atoms with Crippen LogP contribution in [0.1, 0.15) is 72.8 Å². The van der Waals surface area contributed by atoms with Gasteiger partial charge in [0, 0.05) is 24.7 Å². The minimum absolute atomic E-state index is 0.0779. The minimum Gasteiger partial charge on any atom is -0.445 e. The number of primary amides is 1. The molecule has 0 aromatic heterocycles. The molecule has 0 saturated heterocycles. The fourth-order valence-corrected chi connectivity index (χ4v) is 3.72. The van der Waals surface area contributed by atoms with Crippen LogP contribution in [0.15, 0.2) is 24.3 Å². The Kier molecular flexibility index (Phi) is 15.9. The first-order valence-corrected chi connectivity index (χ1v) is 14.2. The first kappa shape index (κ1) is 35.2. The van der Waals surface area contributed by atoms with E-state index in [0.29, 0.717) is 24.6 Å². The highest BCUT2D eigenvalue weighted by Crippen LogP contribution is 2.13. The Morgan fingerprint density at radius 1 is 0.780 bits per heavy atom. The second kappa shape index (κ2) is 18.5. The molecule has 12 heteroatoms. The van der Waals surface area contributed by atoms with Crippen LogP contribution in [0.25, 0.3) is 0 Å². The van der Waals surface area contributed by atoms with Crippen LogP contribution in [0.5, 0.6) is 0 Å². The van der Waals surface area contributed by atoms with Gasteiger partial charge in [-0.2, -0.15) is 0 Å². The zero-order valence-corrected chi connectivity index (χ0v) is 25.2. The minimum atomic E-state index is -0.934. The van der Waals surface area contributed by atoms with Gasteiger partial charge in [0.1, 0.15) is 18.7 Å². The van der Waals surface area contributed by atoms with Crippen LogP contribution in [0.2, 0.25) is 0 Å². The van der Waals surface area contributed by atoms with E-state index in [0.717, 1.165) is 18.4 Å². The van der Waals surface area contributed by atoms with Crippen molar-refractivity contribution in [1.82, 2.24) is 21.3 Å². The van der Waals surface area contributed by atoms with E-state index in [1.54, 1.807) is 52.0 Å². The summed E-state index contributed by atoms with van der Waals surface area (Å²) >= 11 is 0. The summed E-state index contributed by atoms with van der Waals surface area (Å²) in [6.07, 6.45) is 2.02. The topological polar surface area (TPSA) is 181 Å². The lowest BCUT2D eigenvalue weighted by Gasteiger charge is -2.26. The van der Waals surface area contributed by atoms with Crippen LogP contribution in [-0.4, -0.2) is 55.0 Å². The molecule has 230 valence electrons. The molecule has 0 heterocycles. The largest absolute Gasteiger partial charge is 0.445 e. The average Bonchev–Trinajstić information content (AvgIpc) is 2.90. The number of hydrogen-bond acceptors (Lipinski definition) is 6. The smallest absolute Gasteiger partial charge is 0.407 e. The first-order chi connectivity index (χ1) is 19.3. The number of urea groups is 1. The number of alkyl carbamates (subject to hydrolysis) is 1. The van der Waals surface area contributed by atoms with Gasteiger partial charge in [0.15, 0.2) is 0 Å². The van der Waals surface area contributed by atoms with Crippen molar-refractivity contribution in [2.75, 3.05) is 18.4 Å². The molecule has 12 nitrogen and oxygen atoms in total. The monoisotopic (exact) mass is 576 g/mol. The van der Waals surface area contributed by atoms with Crippen LogP contribution in [0.3, 0.4) is 0 Å². The number of carbonyl (C=O) groups is 5. The highest BCUT2D eigenvalue weighted by Gasteiger charge is 2.29. The molecule has 0 fully saturated rings. The molecule has 0 aliphatic heterocycles. The number of rotatable bonds is 17. The lowest BCUT2D eigenvalue weighted by Crippen LogP contribution is -2.55. The molecule has 0 bridgehead atoms. The van der Waals surface area contributed by atoms with E-state index in [1.165, 1.54) is 0 Å². The summed E-state index contributed by atoms with van der Waals surface area (Å²) in [5.41, 5.74) is 6.34. The molecule has 0 radical (unpaired) electrons. The normalized spacial score (nSPS) is 12.4. The number of nitrogens with two attached hydrogens (primary N) is 1. The van der Waals surface area contributed by atoms with Gasteiger partial charge in [-0.15, -0.1) is 0 Å². The van der Waals surface area contributed by atoms with Crippen LogP contribution in [-0.2, 0) is 25.7 Å². The molecule has 0 saturated carbocycles. The molecule has 0 aliphatic rings. The number of amides is 6. The second-order valence-corrected chi connectivity index (χ2v) is 11.1. The van der Waals surface area contributed by atoms with E-state index in [9.17, 15) is 24.0 Å². The van der Waals surface area contributed by atoms with Crippen molar-refractivity contribution in [3.05, 3.63) is 29.8 Å². The lowest BCUT2D eigenvalue weighted by atomic mass is 10.0. The third-order valence-electron chi connectivity index (χ3n) is 6.19.